The average Bonchev–Trinajstić information content (AvgIpc) is 2.49. The molecule has 4 nitrogen and oxygen atoms in total. The zero-order valence-electron chi connectivity index (χ0n) is 12.2. The number of aromatic nitrogens is 1. The summed E-state index contributed by atoms with van der Waals surface area (Å²) in [6, 6.07) is 5.49. The number of thiocarbonyl (C=S) groups is 1. The van der Waals surface area contributed by atoms with Gasteiger partial charge in [0.05, 0.1) is 18.0 Å². The van der Waals surface area contributed by atoms with Crippen molar-refractivity contribution in [3.05, 3.63) is 24.4 Å². The number of nitrogens with zero attached hydrogens (tertiary/aromatic N) is 1. The van der Waals surface area contributed by atoms with Crippen LogP contribution in [-0.2, 0) is 9.53 Å². The smallest absolute Gasteiger partial charge is 0.312 e. The predicted octanol–water partition coefficient (Wildman–Crippen LogP) is 3.72. The normalized spacial score (nSPS) is 15.4. The van der Waals surface area contributed by atoms with Gasteiger partial charge in [0.1, 0.15) is 5.82 Å². The second kappa shape index (κ2) is 8.72. The third-order valence-corrected chi connectivity index (χ3v) is 4.00. The Kier molecular flexibility index (Phi) is 6.60. The van der Waals surface area contributed by atoms with Gasteiger partial charge in [-0.1, -0.05) is 50.4 Å². The Morgan fingerprint density at radius 2 is 2.14 bits per heavy atom. The molecule has 5 heteroatoms. The van der Waals surface area contributed by atoms with Crippen molar-refractivity contribution in [1.29, 1.82) is 0 Å². The van der Waals surface area contributed by atoms with Crippen LogP contribution < -0.4 is 5.32 Å². The number of carbonyl (C=O) groups excluding carboxylic acids is 1. The Morgan fingerprint density at radius 1 is 1.33 bits per heavy atom. The molecule has 1 heterocycles. The van der Waals surface area contributed by atoms with E-state index in [-0.39, 0.29) is 12.4 Å². The van der Waals surface area contributed by atoms with Crippen molar-refractivity contribution in [3.63, 3.8) is 0 Å². The molecule has 1 aliphatic carbocycles. The monoisotopic (exact) mass is 306 g/mol. The van der Waals surface area contributed by atoms with Gasteiger partial charge in [0.25, 0.3) is 0 Å². The van der Waals surface area contributed by atoms with E-state index in [1.807, 2.05) is 12.1 Å². The van der Waals surface area contributed by atoms with E-state index in [1.165, 1.54) is 32.1 Å². The van der Waals surface area contributed by atoms with Gasteiger partial charge >= 0.3 is 5.97 Å². The first-order valence-electron chi connectivity index (χ1n) is 7.60. The maximum atomic E-state index is 11.7. The second-order valence-electron chi connectivity index (χ2n) is 5.45. The summed E-state index contributed by atoms with van der Waals surface area (Å²) < 4.78 is 5.27. The minimum absolute atomic E-state index is 0.108. The highest BCUT2D eigenvalue weighted by molar-refractivity contribution is 7.80. The number of ether oxygens (including phenoxy) is 1. The van der Waals surface area contributed by atoms with Gasteiger partial charge in [-0.3, -0.25) is 4.79 Å². The summed E-state index contributed by atoms with van der Waals surface area (Å²) in [6.45, 7) is 0.510. The van der Waals surface area contributed by atoms with Gasteiger partial charge in [0.15, 0.2) is 0 Å². The van der Waals surface area contributed by atoms with Crippen LogP contribution in [0.1, 0.15) is 44.9 Å². The lowest BCUT2D eigenvalue weighted by molar-refractivity contribution is -0.142. The van der Waals surface area contributed by atoms with Crippen LogP contribution >= 0.6 is 12.2 Å². The van der Waals surface area contributed by atoms with Gasteiger partial charge in [-0.05, 0) is 24.5 Å². The third-order valence-electron chi connectivity index (χ3n) is 3.75. The lowest BCUT2D eigenvalue weighted by Gasteiger charge is -2.21. The van der Waals surface area contributed by atoms with Crippen molar-refractivity contribution in [2.24, 2.45) is 5.92 Å². The molecule has 0 aliphatic heterocycles. The lowest BCUT2D eigenvalue weighted by Crippen LogP contribution is -2.18. The standard InChI is InChI=1S/C16H22N2O2S/c19-16(20-11-9-13-6-2-1-3-7-13)12-15(21)18-14-8-4-5-10-17-14/h4-5,8,10,13H,1-3,6-7,9,11-12H2,(H,17,18,21). The van der Waals surface area contributed by atoms with E-state index in [2.05, 4.69) is 10.3 Å². The van der Waals surface area contributed by atoms with E-state index >= 15 is 0 Å². The Balaban J connectivity index is 1.61. The zero-order chi connectivity index (χ0) is 14.9. The number of carbonyl (C=O) groups is 1. The van der Waals surface area contributed by atoms with Gasteiger partial charge in [0.2, 0.25) is 0 Å². The van der Waals surface area contributed by atoms with Crippen LogP contribution in [0.15, 0.2) is 24.4 Å². The topological polar surface area (TPSA) is 51.2 Å². The Bertz CT molecular complexity index is 459. The van der Waals surface area contributed by atoms with Crippen LogP contribution in [-0.4, -0.2) is 22.5 Å². The molecule has 0 amide bonds. The van der Waals surface area contributed by atoms with Crippen molar-refractivity contribution in [3.8, 4) is 0 Å². The third kappa shape index (κ3) is 6.21. The SMILES string of the molecule is O=C(CC(=S)Nc1ccccn1)OCCC1CCCCC1. The van der Waals surface area contributed by atoms with Gasteiger partial charge in [-0.2, -0.15) is 0 Å². The van der Waals surface area contributed by atoms with Crippen molar-refractivity contribution in [1.82, 2.24) is 4.98 Å². The molecule has 2 rings (SSSR count). The highest BCUT2D eigenvalue weighted by Crippen LogP contribution is 2.26. The number of esters is 1. The highest BCUT2D eigenvalue weighted by atomic mass is 32.1. The van der Waals surface area contributed by atoms with Crippen molar-refractivity contribution in [2.45, 2.75) is 44.9 Å². The summed E-state index contributed by atoms with van der Waals surface area (Å²) in [5.74, 6) is 1.11. The van der Waals surface area contributed by atoms with Crippen LogP contribution in [0.25, 0.3) is 0 Å². The minimum atomic E-state index is -0.265. The summed E-state index contributed by atoms with van der Waals surface area (Å²) in [7, 11) is 0. The molecular weight excluding hydrogens is 284 g/mol. The minimum Gasteiger partial charge on any atom is -0.465 e. The fourth-order valence-electron chi connectivity index (χ4n) is 2.62. The number of pyridine rings is 1. The molecule has 1 N–H and O–H groups in total. The fourth-order valence-corrected chi connectivity index (χ4v) is 2.84. The van der Waals surface area contributed by atoms with Gasteiger partial charge in [0, 0.05) is 6.20 Å². The van der Waals surface area contributed by atoms with Crippen LogP contribution in [0, 0.1) is 5.92 Å². The molecule has 1 fully saturated rings. The molecular formula is C16H22N2O2S. The fraction of sp³-hybridized carbons (Fsp3) is 0.562. The summed E-state index contributed by atoms with van der Waals surface area (Å²) in [6.07, 6.45) is 9.29. The molecule has 0 bridgehead atoms. The van der Waals surface area contributed by atoms with Crippen molar-refractivity contribution in [2.75, 3.05) is 11.9 Å². The van der Waals surface area contributed by atoms with E-state index < -0.39 is 0 Å². The number of rotatable bonds is 6. The lowest BCUT2D eigenvalue weighted by atomic mass is 9.87. The zero-order valence-corrected chi connectivity index (χ0v) is 13.0. The first-order valence-corrected chi connectivity index (χ1v) is 8.01. The first-order chi connectivity index (χ1) is 10.2. The number of hydrogen-bond donors (Lipinski definition) is 1. The van der Waals surface area contributed by atoms with Crippen molar-refractivity contribution < 1.29 is 9.53 Å². The Labute approximate surface area is 131 Å². The quantitative estimate of drug-likeness (QED) is 0.641. The van der Waals surface area contributed by atoms with E-state index in [9.17, 15) is 4.79 Å². The molecule has 114 valence electrons. The molecule has 0 saturated heterocycles. The average molecular weight is 306 g/mol. The van der Waals surface area contributed by atoms with Gasteiger partial charge < -0.3 is 10.1 Å². The Hall–Kier alpha value is -1.49. The summed E-state index contributed by atoms with van der Waals surface area (Å²) >= 11 is 5.14. The predicted molar refractivity (Wildman–Crippen MR) is 87.2 cm³/mol. The van der Waals surface area contributed by atoms with Gasteiger partial charge in [-0.25, -0.2) is 4.98 Å². The van der Waals surface area contributed by atoms with Crippen LogP contribution in [0.2, 0.25) is 0 Å². The molecule has 0 radical (unpaired) electrons. The van der Waals surface area contributed by atoms with Crippen LogP contribution in [0.3, 0.4) is 0 Å². The maximum Gasteiger partial charge on any atom is 0.312 e. The summed E-state index contributed by atoms with van der Waals surface area (Å²) in [5.41, 5.74) is 0. The molecule has 0 spiro atoms. The molecule has 0 aromatic carbocycles. The second-order valence-corrected chi connectivity index (χ2v) is 5.95. The summed E-state index contributed by atoms with van der Waals surface area (Å²) in [5, 5.41) is 2.93. The molecule has 1 aromatic heterocycles. The van der Waals surface area contributed by atoms with E-state index in [0.29, 0.717) is 17.4 Å². The summed E-state index contributed by atoms with van der Waals surface area (Å²) in [4.78, 5) is 16.3. The first kappa shape index (κ1) is 15.9. The maximum absolute atomic E-state index is 11.7. The largest absolute Gasteiger partial charge is 0.465 e. The van der Waals surface area contributed by atoms with E-state index in [0.717, 1.165) is 12.3 Å². The van der Waals surface area contributed by atoms with Crippen molar-refractivity contribution >= 4 is 29.0 Å². The molecule has 1 saturated carbocycles. The highest BCUT2D eigenvalue weighted by Gasteiger charge is 2.14. The van der Waals surface area contributed by atoms with Crippen LogP contribution in [0.4, 0.5) is 5.82 Å². The Morgan fingerprint density at radius 3 is 2.86 bits per heavy atom. The molecule has 0 unspecified atom stereocenters. The number of anilines is 1. The number of nitrogens with one attached hydrogen (secondary N) is 1. The molecule has 1 aliphatic rings. The van der Waals surface area contributed by atoms with E-state index in [4.69, 9.17) is 17.0 Å². The van der Waals surface area contributed by atoms with Crippen LogP contribution in [0.5, 0.6) is 0 Å². The molecule has 21 heavy (non-hydrogen) atoms. The van der Waals surface area contributed by atoms with Gasteiger partial charge in [-0.15, -0.1) is 0 Å². The number of hydrogen-bond acceptors (Lipinski definition) is 4. The molecule has 1 aromatic rings. The van der Waals surface area contributed by atoms with E-state index in [1.54, 1.807) is 12.3 Å². The molecule has 0 atom stereocenters.